The lowest BCUT2D eigenvalue weighted by molar-refractivity contribution is 0.0522. The Morgan fingerprint density at radius 1 is 1.47 bits per heavy atom. The van der Waals surface area contributed by atoms with E-state index in [0.29, 0.717) is 11.3 Å². The molecule has 1 N–H and O–H groups in total. The number of nitrogens with one attached hydrogen (secondary N) is 1. The van der Waals surface area contributed by atoms with Crippen LogP contribution in [0.25, 0.3) is 5.65 Å². The molecule has 0 aromatic carbocycles. The van der Waals surface area contributed by atoms with E-state index in [9.17, 15) is 9.18 Å². The second-order valence-electron chi connectivity index (χ2n) is 5.14. The van der Waals surface area contributed by atoms with E-state index in [0.717, 1.165) is 0 Å². The zero-order valence-electron chi connectivity index (χ0n) is 11.1. The van der Waals surface area contributed by atoms with E-state index in [2.05, 4.69) is 10.3 Å². The topological polar surface area (TPSA) is 55.6 Å². The Morgan fingerprint density at radius 2 is 2.21 bits per heavy atom. The fraction of sp³-hybridized carbons (Fsp3) is 0.385. The molecule has 0 aliphatic rings. The van der Waals surface area contributed by atoms with Crippen molar-refractivity contribution in [3.8, 4) is 0 Å². The number of halogens is 1. The Kier molecular flexibility index (Phi) is 3.42. The van der Waals surface area contributed by atoms with Crippen LogP contribution in [0, 0.1) is 5.82 Å². The second-order valence-corrected chi connectivity index (χ2v) is 5.14. The Balaban J connectivity index is 2.11. The summed E-state index contributed by atoms with van der Waals surface area (Å²) in [7, 11) is 0. The normalized spacial score (nSPS) is 11.6. The molecule has 0 radical (unpaired) electrons. The first-order valence-corrected chi connectivity index (χ1v) is 5.94. The van der Waals surface area contributed by atoms with Gasteiger partial charge in [-0.3, -0.25) is 4.40 Å². The molecule has 6 heteroatoms. The molecule has 1 amide bonds. The van der Waals surface area contributed by atoms with Crippen molar-refractivity contribution in [1.82, 2.24) is 14.7 Å². The molecule has 0 fully saturated rings. The SMILES string of the molecule is CC(C)(C)OC(=O)NCc1c(F)ccc2nccn12. The summed E-state index contributed by atoms with van der Waals surface area (Å²) in [6.07, 6.45) is 2.64. The number of ether oxygens (including phenoxy) is 1. The zero-order valence-corrected chi connectivity index (χ0v) is 11.1. The van der Waals surface area contributed by atoms with E-state index in [1.54, 1.807) is 43.6 Å². The van der Waals surface area contributed by atoms with Gasteiger partial charge in [0.15, 0.2) is 0 Å². The first-order valence-electron chi connectivity index (χ1n) is 5.94. The largest absolute Gasteiger partial charge is 0.444 e. The molecule has 0 aliphatic carbocycles. The van der Waals surface area contributed by atoms with E-state index in [4.69, 9.17) is 4.74 Å². The maximum Gasteiger partial charge on any atom is 0.407 e. The van der Waals surface area contributed by atoms with Crippen LogP contribution in [0.2, 0.25) is 0 Å². The molecule has 5 nitrogen and oxygen atoms in total. The molecule has 0 saturated heterocycles. The van der Waals surface area contributed by atoms with Gasteiger partial charge in [-0.1, -0.05) is 0 Å². The highest BCUT2D eigenvalue weighted by Crippen LogP contribution is 2.11. The summed E-state index contributed by atoms with van der Waals surface area (Å²) < 4.78 is 20.4. The third-order valence-corrected chi connectivity index (χ3v) is 2.41. The molecular weight excluding hydrogens is 249 g/mol. The summed E-state index contributed by atoms with van der Waals surface area (Å²) in [5.41, 5.74) is 0.382. The summed E-state index contributed by atoms with van der Waals surface area (Å²) in [4.78, 5) is 15.6. The molecule has 2 heterocycles. The smallest absolute Gasteiger partial charge is 0.407 e. The number of hydrogen-bond donors (Lipinski definition) is 1. The molecule has 0 saturated carbocycles. The Morgan fingerprint density at radius 3 is 2.89 bits per heavy atom. The maximum atomic E-state index is 13.7. The number of amides is 1. The average Bonchev–Trinajstić information content (AvgIpc) is 2.73. The number of carbonyl (C=O) groups is 1. The standard InChI is InChI=1S/C13H16FN3O2/c1-13(2,3)19-12(18)16-8-10-9(14)4-5-11-15-6-7-17(10)11/h4-7H,8H2,1-3H3,(H,16,18). The lowest BCUT2D eigenvalue weighted by Gasteiger charge is -2.19. The molecule has 2 aromatic rings. The number of carbonyl (C=O) groups excluding carboxylic acids is 1. The van der Waals surface area contributed by atoms with Crippen LogP contribution in [0.15, 0.2) is 24.5 Å². The van der Waals surface area contributed by atoms with Gasteiger partial charge in [0.05, 0.1) is 12.2 Å². The van der Waals surface area contributed by atoms with Crippen LogP contribution in [-0.4, -0.2) is 21.1 Å². The summed E-state index contributed by atoms with van der Waals surface area (Å²) >= 11 is 0. The van der Waals surface area contributed by atoms with Crippen molar-refractivity contribution >= 4 is 11.7 Å². The van der Waals surface area contributed by atoms with Gasteiger partial charge < -0.3 is 10.1 Å². The highest BCUT2D eigenvalue weighted by atomic mass is 19.1. The van der Waals surface area contributed by atoms with Gasteiger partial charge in [-0.05, 0) is 32.9 Å². The highest BCUT2D eigenvalue weighted by Gasteiger charge is 2.17. The predicted octanol–water partition coefficient (Wildman–Crippen LogP) is 2.50. The Hall–Kier alpha value is -2.11. The van der Waals surface area contributed by atoms with Crippen molar-refractivity contribution in [1.29, 1.82) is 0 Å². The molecular formula is C13H16FN3O2. The van der Waals surface area contributed by atoms with E-state index >= 15 is 0 Å². The molecule has 102 valence electrons. The predicted molar refractivity (Wildman–Crippen MR) is 68.2 cm³/mol. The number of nitrogens with zero attached hydrogens (tertiary/aromatic N) is 2. The van der Waals surface area contributed by atoms with Crippen LogP contribution in [0.3, 0.4) is 0 Å². The molecule has 0 bridgehead atoms. The minimum Gasteiger partial charge on any atom is -0.444 e. The number of fused-ring (bicyclic) bond motifs is 1. The van der Waals surface area contributed by atoms with Gasteiger partial charge in [0, 0.05) is 12.4 Å². The molecule has 0 aliphatic heterocycles. The number of hydrogen-bond acceptors (Lipinski definition) is 3. The monoisotopic (exact) mass is 265 g/mol. The van der Waals surface area contributed by atoms with E-state index in [1.807, 2.05) is 0 Å². The first-order chi connectivity index (χ1) is 8.87. The number of imidazole rings is 1. The average molecular weight is 265 g/mol. The van der Waals surface area contributed by atoms with Gasteiger partial charge >= 0.3 is 6.09 Å². The van der Waals surface area contributed by atoms with Crippen LogP contribution >= 0.6 is 0 Å². The molecule has 19 heavy (non-hydrogen) atoms. The van der Waals surface area contributed by atoms with Crippen LogP contribution in [0.5, 0.6) is 0 Å². The van der Waals surface area contributed by atoms with Gasteiger partial charge in [0.2, 0.25) is 0 Å². The highest BCUT2D eigenvalue weighted by molar-refractivity contribution is 5.67. The van der Waals surface area contributed by atoms with Gasteiger partial charge in [0.25, 0.3) is 0 Å². The number of alkyl carbamates (subject to hydrolysis) is 1. The lowest BCUT2D eigenvalue weighted by atomic mass is 10.2. The van der Waals surface area contributed by atoms with Crippen LogP contribution in [-0.2, 0) is 11.3 Å². The maximum absolute atomic E-state index is 13.7. The van der Waals surface area contributed by atoms with Crippen molar-refractivity contribution < 1.29 is 13.9 Å². The minimum absolute atomic E-state index is 0.0362. The summed E-state index contributed by atoms with van der Waals surface area (Å²) in [6, 6.07) is 2.90. The Bertz CT molecular complexity index is 601. The first kappa shape index (κ1) is 13.3. The van der Waals surface area contributed by atoms with Gasteiger partial charge in [0.1, 0.15) is 17.1 Å². The van der Waals surface area contributed by atoms with Gasteiger partial charge in [-0.2, -0.15) is 0 Å². The van der Waals surface area contributed by atoms with Crippen molar-refractivity contribution in [2.24, 2.45) is 0 Å². The third-order valence-electron chi connectivity index (χ3n) is 2.41. The number of rotatable bonds is 2. The molecule has 2 aromatic heterocycles. The van der Waals surface area contributed by atoms with Crippen LogP contribution in [0.1, 0.15) is 26.5 Å². The summed E-state index contributed by atoms with van der Waals surface area (Å²) in [6.45, 7) is 5.34. The van der Waals surface area contributed by atoms with Crippen molar-refractivity contribution in [2.45, 2.75) is 32.9 Å². The fourth-order valence-corrected chi connectivity index (χ4v) is 1.67. The second kappa shape index (κ2) is 4.87. The molecule has 0 atom stereocenters. The van der Waals surface area contributed by atoms with Gasteiger partial charge in [-0.15, -0.1) is 0 Å². The fourth-order valence-electron chi connectivity index (χ4n) is 1.67. The lowest BCUT2D eigenvalue weighted by Crippen LogP contribution is -2.32. The molecule has 0 spiro atoms. The number of aromatic nitrogens is 2. The molecule has 2 rings (SSSR count). The Labute approximate surface area is 110 Å². The van der Waals surface area contributed by atoms with Crippen molar-refractivity contribution in [3.05, 3.63) is 36.0 Å². The van der Waals surface area contributed by atoms with Crippen LogP contribution < -0.4 is 5.32 Å². The summed E-state index contributed by atoms with van der Waals surface area (Å²) in [5, 5.41) is 2.53. The van der Waals surface area contributed by atoms with Crippen LogP contribution in [0.4, 0.5) is 9.18 Å². The quantitative estimate of drug-likeness (QED) is 0.907. The third kappa shape index (κ3) is 3.21. The number of pyridine rings is 1. The summed E-state index contributed by atoms with van der Waals surface area (Å²) in [5.74, 6) is -0.401. The zero-order chi connectivity index (χ0) is 14.0. The van der Waals surface area contributed by atoms with E-state index in [1.165, 1.54) is 6.07 Å². The molecule has 0 unspecified atom stereocenters. The van der Waals surface area contributed by atoms with E-state index in [-0.39, 0.29) is 6.54 Å². The van der Waals surface area contributed by atoms with E-state index < -0.39 is 17.5 Å². The van der Waals surface area contributed by atoms with Crippen molar-refractivity contribution in [2.75, 3.05) is 0 Å². The van der Waals surface area contributed by atoms with Gasteiger partial charge in [-0.25, -0.2) is 14.2 Å². The minimum atomic E-state index is -0.580. The van der Waals surface area contributed by atoms with Crippen molar-refractivity contribution in [3.63, 3.8) is 0 Å².